The van der Waals surface area contributed by atoms with E-state index in [1.165, 1.54) is 4.90 Å². The summed E-state index contributed by atoms with van der Waals surface area (Å²) >= 11 is 1.80. The highest BCUT2D eigenvalue weighted by Crippen LogP contribution is 2.28. The van der Waals surface area contributed by atoms with Crippen molar-refractivity contribution in [1.82, 2.24) is 9.88 Å². The number of pyridine rings is 1. The largest absolute Gasteiger partial charge is 0.481 e. The van der Waals surface area contributed by atoms with E-state index in [9.17, 15) is 14.9 Å². The van der Waals surface area contributed by atoms with Crippen LogP contribution in [-0.4, -0.2) is 53.6 Å². The topological polar surface area (TPSA) is 104 Å². The van der Waals surface area contributed by atoms with Crippen LogP contribution < -0.4 is 4.74 Å². The number of unbranched alkanes of at least 4 members (excludes halogenated alkanes) is 1. The fraction of sp³-hybridized carbons (Fsp3) is 0.429. The van der Waals surface area contributed by atoms with Crippen LogP contribution in [0.5, 0.6) is 5.88 Å². The minimum absolute atomic E-state index is 0.00102. The molecule has 0 fully saturated rings. The van der Waals surface area contributed by atoms with Crippen molar-refractivity contribution in [3.63, 3.8) is 0 Å². The van der Waals surface area contributed by atoms with E-state index in [1.54, 1.807) is 31.0 Å². The number of esters is 1. The monoisotopic (exact) mass is 447 g/mol. The molecular formula is C21H25N3O6S. The Kier molecular flexibility index (Phi) is 8.48. The number of benzene rings is 1. The van der Waals surface area contributed by atoms with Crippen LogP contribution in [0.3, 0.4) is 0 Å². The number of ether oxygens (including phenoxy) is 2. The molecule has 0 atom stereocenters. The quantitative estimate of drug-likeness (QED) is 0.235. The lowest BCUT2D eigenvalue weighted by molar-refractivity contribution is -0.757. The van der Waals surface area contributed by atoms with Gasteiger partial charge in [-0.15, -0.1) is 21.9 Å². The molecule has 1 aliphatic rings. The second-order valence-corrected chi connectivity index (χ2v) is 8.09. The summed E-state index contributed by atoms with van der Waals surface area (Å²) < 4.78 is 10.5. The van der Waals surface area contributed by atoms with Gasteiger partial charge in [0.25, 0.3) is 5.09 Å². The number of rotatable bonds is 10. The van der Waals surface area contributed by atoms with Crippen molar-refractivity contribution >= 4 is 17.7 Å². The predicted octanol–water partition coefficient (Wildman–Crippen LogP) is 3.34. The highest BCUT2D eigenvalue weighted by atomic mass is 32.2. The normalized spacial score (nSPS) is 13.7. The van der Waals surface area contributed by atoms with E-state index in [-0.39, 0.29) is 13.2 Å². The number of hydrogen-bond acceptors (Lipinski definition) is 9. The van der Waals surface area contributed by atoms with Gasteiger partial charge in [0.2, 0.25) is 5.88 Å². The summed E-state index contributed by atoms with van der Waals surface area (Å²) in [5.41, 5.74) is 2.60. The molecule has 0 radical (unpaired) electrons. The summed E-state index contributed by atoms with van der Waals surface area (Å²) in [6, 6.07) is 11.3. The third-order valence-electron chi connectivity index (χ3n) is 4.72. The molecule has 1 aliphatic heterocycles. The summed E-state index contributed by atoms with van der Waals surface area (Å²) in [4.78, 5) is 34.5. The number of hydrogen-bond donors (Lipinski definition) is 0. The second-order valence-electron chi connectivity index (χ2n) is 6.95. The van der Waals surface area contributed by atoms with Gasteiger partial charge in [-0.3, -0.25) is 4.90 Å². The van der Waals surface area contributed by atoms with Crippen LogP contribution >= 0.6 is 11.8 Å². The van der Waals surface area contributed by atoms with Gasteiger partial charge in [-0.25, -0.2) is 9.78 Å². The molecule has 0 saturated carbocycles. The third-order valence-corrected chi connectivity index (χ3v) is 5.79. The van der Waals surface area contributed by atoms with Gasteiger partial charge in [-0.05, 0) is 36.6 Å². The lowest BCUT2D eigenvalue weighted by Crippen LogP contribution is -2.24. The molecule has 3 rings (SSSR count). The van der Waals surface area contributed by atoms with Crippen molar-refractivity contribution in [2.75, 3.05) is 32.6 Å². The summed E-state index contributed by atoms with van der Waals surface area (Å²) in [5.74, 6) is 1.20. The van der Waals surface area contributed by atoms with Crippen LogP contribution in [0.4, 0.5) is 0 Å². The van der Waals surface area contributed by atoms with Gasteiger partial charge >= 0.3 is 5.97 Å². The molecule has 0 amide bonds. The van der Waals surface area contributed by atoms with Crippen LogP contribution in [0.15, 0.2) is 41.3 Å². The maximum Gasteiger partial charge on any atom is 0.338 e. The van der Waals surface area contributed by atoms with Gasteiger partial charge in [0, 0.05) is 36.3 Å². The van der Waals surface area contributed by atoms with E-state index in [0.29, 0.717) is 24.3 Å². The molecule has 1 aromatic carbocycles. The van der Waals surface area contributed by atoms with Crippen LogP contribution in [-0.2, 0) is 22.7 Å². The molecule has 0 saturated heterocycles. The highest BCUT2D eigenvalue weighted by molar-refractivity contribution is 7.99. The van der Waals surface area contributed by atoms with Gasteiger partial charge in [0.1, 0.15) is 0 Å². The third kappa shape index (κ3) is 7.11. The van der Waals surface area contributed by atoms with Crippen molar-refractivity contribution in [1.29, 1.82) is 0 Å². The average Bonchev–Trinajstić information content (AvgIpc) is 2.97. The molecule has 10 heteroatoms. The molecule has 0 bridgehead atoms. The Balaban J connectivity index is 1.48. The van der Waals surface area contributed by atoms with E-state index < -0.39 is 11.1 Å². The zero-order chi connectivity index (χ0) is 22.1. The number of carbonyl (C=O) groups excluding carboxylic acids is 1. The molecular weight excluding hydrogens is 422 g/mol. The van der Waals surface area contributed by atoms with Crippen molar-refractivity contribution in [2.45, 2.75) is 30.8 Å². The van der Waals surface area contributed by atoms with Crippen LogP contribution in [0.25, 0.3) is 0 Å². The summed E-state index contributed by atoms with van der Waals surface area (Å²) in [7, 11) is 1.62. The molecule has 1 aromatic heterocycles. The van der Waals surface area contributed by atoms with Crippen molar-refractivity contribution in [3.05, 3.63) is 63.3 Å². The van der Waals surface area contributed by atoms with Crippen LogP contribution in [0.1, 0.15) is 34.5 Å². The molecule has 166 valence electrons. The molecule has 0 unspecified atom stereocenters. The summed E-state index contributed by atoms with van der Waals surface area (Å²) in [5, 5.41) is 9.23. The Morgan fingerprint density at radius 3 is 2.71 bits per heavy atom. The van der Waals surface area contributed by atoms with Gasteiger partial charge in [-0.1, -0.05) is 12.1 Å². The Morgan fingerprint density at radius 1 is 1.19 bits per heavy atom. The number of nitrogens with zero attached hydrogens (tertiary/aromatic N) is 3. The standard InChI is InChI=1S/C21H25N3O6S/c1-28-20-9-8-19-18(22-20)15-23(10-13-31-19)14-16-4-6-17(7-5-16)21(25)29-11-2-3-12-30-24(26)27/h4-9H,2-3,10-15H2,1H3. The van der Waals surface area contributed by atoms with E-state index in [0.717, 1.165) is 36.6 Å². The molecule has 2 aromatic rings. The Bertz CT molecular complexity index is 893. The number of fused-ring (bicyclic) bond motifs is 1. The van der Waals surface area contributed by atoms with E-state index in [1.807, 2.05) is 18.2 Å². The molecule has 31 heavy (non-hydrogen) atoms. The first kappa shape index (κ1) is 22.8. The van der Waals surface area contributed by atoms with Gasteiger partial charge < -0.3 is 14.3 Å². The first-order valence-corrected chi connectivity index (χ1v) is 11.0. The van der Waals surface area contributed by atoms with Crippen molar-refractivity contribution in [3.8, 4) is 5.88 Å². The SMILES string of the molecule is COc1ccc2c(n1)CN(Cc1ccc(C(=O)OCCCCO[N+](=O)[O-])cc1)CCS2. The van der Waals surface area contributed by atoms with E-state index in [2.05, 4.69) is 20.8 Å². The van der Waals surface area contributed by atoms with Crippen molar-refractivity contribution in [2.24, 2.45) is 0 Å². The number of carbonyl (C=O) groups is 1. The van der Waals surface area contributed by atoms with Gasteiger partial charge in [0.15, 0.2) is 0 Å². The highest BCUT2D eigenvalue weighted by Gasteiger charge is 2.17. The van der Waals surface area contributed by atoms with E-state index >= 15 is 0 Å². The lowest BCUT2D eigenvalue weighted by Gasteiger charge is -2.20. The first-order chi connectivity index (χ1) is 15.0. The molecule has 9 nitrogen and oxygen atoms in total. The number of aromatic nitrogens is 1. The number of thioether (sulfide) groups is 1. The summed E-state index contributed by atoms with van der Waals surface area (Å²) in [6.07, 6.45) is 0.954. The van der Waals surface area contributed by atoms with Gasteiger partial charge in [-0.2, -0.15) is 0 Å². The zero-order valence-electron chi connectivity index (χ0n) is 17.3. The minimum atomic E-state index is -0.829. The van der Waals surface area contributed by atoms with Crippen molar-refractivity contribution < 1.29 is 24.2 Å². The Labute approximate surface area is 184 Å². The first-order valence-electron chi connectivity index (χ1n) is 9.97. The second kappa shape index (κ2) is 11.5. The Morgan fingerprint density at radius 2 is 1.97 bits per heavy atom. The number of methoxy groups -OCH3 is 1. The van der Waals surface area contributed by atoms with Gasteiger partial charge in [0.05, 0.1) is 31.6 Å². The van der Waals surface area contributed by atoms with E-state index in [4.69, 9.17) is 9.47 Å². The fourth-order valence-corrected chi connectivity index (χ4v) is 4.14. The summed E-state index contributed by atoms with van der Waals surface area (Å²) in [6.45, 7) is 2.63. The maximum atomic E-state index is 12.1. The van der Waals surface area contributed by atoms with Crippen LogP contribution in [0, 0.1) is 10.1 Å². The van der Waals surface area contributed by atoms with Crippen LogP contribution in [0.2, 0.25) is 0 Å². The molecule has 0 aliphatic carbocycles. The molecule has 0 N–H and O–H groups in total. The smallest absolute Gasteiger partial charge is 0.338 e. The predicted molar refractivity (Wildman–Crippen MR) is 115 cm³/mol. The Hall–Kier alpha value is -2.85. The fourth-order valence-electron chi connectivity index (χ4n) is 3.13. The molecule has 2 heterocycles. The average molecular weight is 448 g/mol. The minimum Gasteiger partial charge on any atom is -0.481 e. The zero-order valence-corrected chi connectivity index (χ0v) is 18.1. The maximum absolute atomic E-state index is 12.1. The molecule has 0 spiro atoms. The lowest BCUT2D eigenvalue weighted by atomic mass is 10.1.